The fourth-order valence-electron chi connectivity index (χ4n) is 4.38. The zero-order valence-corrected chi connectivity index (χ0v) is 25.2. The number of hydrogen-bond acceptors (Lipinski definition) is 10. The molecule has 3 aromatic rings. The Morgan fingerprint density at radius 1 is 0.860 bits per heavy atom. The second-order valence-electron chi connectivity index (χ2n) is 9.80. The third-order valence-corrected chi connectivity index (χ3v) is 6.70. The van der Waals surface area contributed by atoms with Crippen molar-refractivity contribution in [1.82, 2.24) is 10.3 Å². The van der Waals surface area contributed by atoms with Crippen molar-refractivity contribution >= 4 is 17.8 Å². The lowest BCUT2D eigenvalue weighted by Crippen LogP contribution is -2.42. The summed E-state index contributed by atoms with van der Waals surface area (Å²) in [6.07, 6.45) is 2.07. The molecule has 3 rings (SSSR count). The van der Waals surface area contributed by atoms with Crippen LogP contribution in [-0.2, 0) is 31.9 Å². The van der Waals surface area contributed by atoms with Gasteiger partial charge in [-0.3, -0.25) is 9.59 Å². The fraction of sp³-hybridized carbons (Fsp3) is 0.375. The minimum Gasteiger partial charge on any atom is -0.497 e. The van der Waals surface area contributed by atoms with Crippen LogP contribution in [0.25, 0.3) is 0 Å². The Morgan fingerprint density at radius 3 is 2.00 bits per heavy atom. The van der Waals surface area contributed by atoms with E-state index in [0.29, 0.717) is 12.8 Å². The molecular formula is C32H38N2O9. The minimum absolute atomic E-state index is 0.0330. The number of carbonyl (C=O) groups excluding carboxylic acids is 3. The monoisotopic (exact) mass is 594 g/mol. The maximum absolute atomic E-state index is 13.2. The standard InChI is InChI=1S/C32H38N2O9/c1-20(34-31(36)29-30(42-19-41-22(3)35)28(40-6)13-14-33-29)32(37)43-21(2)25(15-23-9-7-11-26(17-23)38-4)16-24-10-8-12-27(18-24)39-5/h7-14,17-18,20-21,25H,15-16,19H2,1-6H3,(H,34,36)/t20-,21-/m0/s1. The summed E-state index contributed by atoms with van der Waals surface area (Å²) in [5.74, 6) is -0.334. The van der Waals surface area contributed by atoms with Crippen molar-refractivity contribution < 1.29 is 42.8 Å². The van der Waals surface area contributed by atoms with Crippen LogP contribution in [0, 0.1) is 5.92 Å². The molecule has 0 aliphatic carbocycles. The molecule has 11 nitrogen and oxygen atoms in total. The first-order valence-electron chi connectivity index (χ1n) is 13.7. The van der Waals surface area contributed by atoms with Crippen LogP contribution >= 0.6 is 0 Å². The van der Waals surface area contributed by atoms with E-state index in [1.165, 1.54) is 33.2 Å². The van der Waals surface area contributed by atoms with E-state index in [4.69, 9.17) is 28.4 Å². The first-order valence-corrected chi connectivity index (χ1v) is 13.7. The number of aromatic nitrogens is 1. The summed E-state index contributed by atoms with van der Waals surface area (Å²) in [6, 6.07) is 16.0. The van der Waals surface area contributed by atoms with Crippen molar-refractivity contribution in [2.45, 2.75) is 45.8 Å². The lowest BCUT2D eigenvalue weighted by Gasteiger charge is -2.26. The second-order valence-corrected chi connectivity index (χ2v) is 9.80. The molecule has 0 aliphatic heterocycles. The van der Waals surface area contributed by atoms with Gasteiger partial charge in [-0.2, -0.15) is 0 Å². The van der Waals surface area contributed by atoms with Gasteiger partial charge >= 0.3 is 11.9 Å². The Morgan fingerprint density at radius 2 is 1.47 bits per heavy atom. The zero-order valence-electron chi connectivity index (χ0n) is 25.2. The summed E-state index contributed by atoms with van der Waals surface area (Å²) in [4.78, 5) is 41.5. The first-order chi connectivity index (χ1) is 20.6. The van der Waals surface area contributed by atoms with E-state index in [2.05, 4.69) is 10.3 Å². The lowest BCUT2D eigenvalue weighted by atomic mass is 9.88. The fourth-order valence-corrected chi connectivity index (χ4v) is 4.38. The third-order valence-electron chi connectivity index (χ3n) is 6.70. The molecule has 0 bridgehead atoms. The van der Waals surface area contributed by atoms with E-state index in [0.717, 1.165) is 22.6 Å². The topological polar surface area (TPSA) is 132 Å². The van der Waals surface area contributed by atoms with Gasteiger partial charge in [0.05, 0.1) is 21.3 Å². The Labute approximate surface area is 251 Å². The van der Waals surface area contributed by atoms with Crippen molar-refractivity contribution in [2.24, 2.45) is 5.92 Å². The number of pyridine rings is 1. The van der Waals surface area contributed by atoms with Crippen LogP contribution in [0.15, 0.2) is 60.8 Å². The van der Waals surface area contributed by atoms with Crippen molar-refractivity contribution in [3.63, 3.8) is 0 Å². The summed E-state index contributed by atoms with van der Waals surface area (Å²) in [7, 11) is 4.62. The van der Waals surface area contributed by atoms with Crippen LogP contribution in [0.5, 0.6) is 23.0 Å². The average Bonchev–Trinajstić information content (AvgIpc) is 3.00. The maximum Gasteiger partial charge on any atom is 0.328 e. The number of ether oxygens (including phenoxy) is 6. The molecule has 1 heterocycles. The van der Waals surface area contributed by atoms with Gasteiger partial charge in [-0.05, 0) is 62.1 Å². The van der Waals surface area contributed by atoms with E-state index in [9.17, 15) is 14.4 Å². The summed E-state index contributed by atoms with van der Waals surface area (Å²) < 4.78 is 32.2. The highest BCUT2D eigenvalue weighted by molar-refractivity contribution is 5.98. The van der Waals surface area contributed by atoms with Gasteiger partial charge in [0.15, 0.2) is 17.2 Å². The van der Waals surface area contributed by atoms with Gasteiger partial charge in [0.25, 0.3) is 5.91 Å². The van der Waals surface area contributed by atoms with E-state index in [1.54, 1.807) is 14.2 Å². The number of amides is 1. The predicted octanol–water partition coefficient (Wildman–Crippen LogP) is 4.16. The number of carbonyl (C=O) groups is 3. The molecule has 1 aromatic heterocycles. The number of rotatable bonds is 15. The van der Waals surface area contributed by atoms with E-state index in [1.807, 2.05) is 55.5 Å². The van der Waals surface area contributed by atoms with Crippen molar-refractivity contribution in [2.75, 3.05) is 28.1 Å². The first kappa shape index (κ1) is 32.7. The SMILES string of the molecule is COc1cccc(CC(Cc2cccc(OC)c2)[C@H](C)OC(=O)[C@H](C)NC(=O)c2nccc(OC)c2OCOC(C)=O)c1. The average molecular weight is 595 g/mol. The molecule has 2 aromatic carbocycles. The molecule has 0 radical (unpaired) electrons. The Kier molecular flexibility index (Phi) is 12.2. The Hall–Kier alpha value is -4.80. The van der Waals surface area contributed by atoms with Gasteiger partial charge in [-0.25, -0.2) is 9.78 Å². The van der Waals surface area contributed by atoms with E-state index in [-0.39, 0.29) is 23.1 Å². The largest absolute Gasteiger partial charge is 0.497 e. The normalized spacial score (nSPS) is 12.1. The molecule has 11 heteroatoms. The molecule has 0 spiro atoms. The summed E-state index contributed by atoms with van der Waals surface area (Å²) in [5, 5.41) is 2.61. The number of nitrogens with one attached hydrogen (secondary N) is 1. The summed E-state index contributed by atoms with van der Waals surface area (Å²) in [5.41, 5.74) is 1.91. The van der Waals surface area contributed by atoms with Crippen molar-refractivity contribution in [1.29, 1.82) is 0 Å². The minimum atomic E-state index is -1.02. The molecule has 1 amide bonds. The van der Waals surface area contributed by atoms with Crippen LogP contribution in [0.4, 0.5) is 0 Å². The molecule has 2 atom stereocenters. The van der Waals surface area contributed by atoms with Crippen molar-refractivity contribution in [3.8, 4) is 23.0 Å². The summed E-state index contributed by atoms with van der Waals surface area (Å²) in [6.45, 7) is 4.13. The predicted molar refractivity (Wildman–Crippen MR) is 157 cm³/mol. The highest BCUT2D eigenvalue weighted by Gasteiger charge is 2.28. The lowest BCUT2D eigenvalue weighted by molar-refractivity contribution is -0.152. The van der Waals surface area contributed by atoms with Gasteiger partial charge in [-0.15, -0.1) is 0 Å². The third kappa shape index (κ3) is 9.63. The van der Waals surface area contributed by atoms with Gasteiger partial charge < -0.3 is 33.7 Å². The number of methoxy groups -OCH3 is 3. The molecular weight excluding hydrogens is 556 g/mol. The molecule has 43 heavy (non-hydrogen) atoms. The number of nitrogens with zero attached hydrogens (tertiary/aromatic N) is 1. The molecule has 0 saturated carbocycles. The zero-order chi connectivity index (χ0) is 31.4. The molecule has 1 N–H and O–H groups in total. The maximum atomic E-state index is 13.2. The number of hydrogen-bond donors (Lipinski definition) is 1. The van der Waals surface area contributed by atoms with Crippen LogP contribution in [0.3, 0.4) is 0 Å². The Balaban J connectivity index is 1.74. The van der Waals surface area contributed by atoms with E-state index < -0.39 is 36.8 Å². The molecule has 0 unspecified atom stereocenters. The van der Waals surface area contributed by atoms with Crippen molar-refractivity contribution in [3.05, 3.63) is 77.6 Å². The molecule has 0 aliphatic rings. The molecule has 0 fully saturated rings. The van der Waals surface area contributed by atoms with Gasteiger partial charge in [0, 0.05) is 25.1 Å². The van der Waals surface area contributed by atoms with Crippen LogP contribution < -0.4 is 24.3 Å². The van der Waals surface area contributed by atoms with Crippen LogP contribution in [0.1, 0.15) is 42.4 Å². The van der Waals surface area contributed by atoms with Crippen LogP contribution in [0.2, 0.25) is 0 Å². The van der Waals surface area contributed by atoms with Crippen LogP contribution in [-0.4, -0.2) is 63.1 Å². The second kappa shape index (κ2) is 16.0. The Bertz CT molecular complexity index is 1350. The van der Waals surface area contributed by atoms with Gasteiger partial charge in [0.2, 0.25) is 6.79 Å². The highest BCUT2D eigenvalue weighted by atomic mass is 16.7. The number of benzene rings is 2. The van der Waals surface area contributed by atoms with Gasteiger partial charge in [0.1, 0.15) is 23.6 Å². The van der Waals surface area contributed by atoms with E-state index >= 15 is 0 Å². The quantitative estimate of drug-likeness (QED) is 0.202. The summed E-state index contributed by atoms with van der Waals surface area (Å²) >= 11 is 0. The number of esters is 2. The molecule has 230 valence electrons. The highest BCUT2D eigenvalue weighted by Crippen LogP contribution is 2.30. The van der Waals surface area contributed by atoms with Gasteiger partial charge in [-0.1, -0.05) is 24.3 Å². The molecule has 0 saturated heterocycles. The smallest absolute Gasteiger partial charge is 0.328 e.